The zero-order valence-electron chi connectivity index (χ0n) is 19.0. The first-order chi connectivity index (χ1) is 14.5. The molecular weight excluding hydrogens is 380 g/mol. The molecule has 1 amide bonds. The number of nitrogens with zero attached hydrogens (tertiary/aromatic N) is 7. The smallest absolute Gasteiger partial charge is 0.236 e. The number of carbonyl (C=O) groups is 1. The van der Waals surface area contributed by atoms with E-state index in [4.69, 9.17) is 0 Å². The standard InChI is InChI=1S/C21H38N8O/c1-22-21(23-15-19(25(2)3)18-14-24-26(4)16-18)29-12-10-27(11-13-29)17-20(30)28-8-6-5-7-9-28/h14,16,19H,5-13,15,17H2,1-4H3,(H,22,23). The highest BCUT2D eigenvalue weighted by molar-refractivity contribution is 5.80. The molecule has 9 nitrogen and oxygen atoms in total. The van der Waals surface area contributed by atoms with E-state index in [0.717, 1.165) is 64.6 Å². The van der Waals surface area contributed by atoms with Gasteiger partial charge in [0.1, 0.15) is 0 Å². The van der Waals surface area contributed by atoms with E-state index in [1.165, 1.54) is 12.0 Å². The van der Waals surface area contributed by atoms with Crippen LogP contribution < -0.4 is 5.32 Å². The van der Waals surface area contributed by atoms with Crippen LogP contribution in [0.1, 0.15) is 30.9 Å². The predicted molar refractivity (Wildman–Crippen MR) is 119 cm³/mol. The van der Waals surface area contributed by atoms with Gasteiger partial charge < -0.3 is 20.0 Å². The van der Waals surface area contributed by atoms with Crippen LogP contribution >= 0.6 is 0 Å². The number of guanidine groups is 1. The maximum Gasteiger partial charge on any atom is 0.236 e. The summed E-state index contributed by atoms with van der Waals surface area (Å²) in [7, 11) is 7.95. The van der Waals surface area contributed by atoms with Crippen LogP contribution in [0, 0.1) is 0 Å². The molecule has 1 N–H and O–H groups in total. The fourth-order valence-electron chi connectivity index (χ4n) is 4.28. The summed E-state index contributed by atoms with van der Waals surface area (Å²) in [5.74, 6) is 1.21. The van der Waals surface area contributed by atoms with Crippen molar-refractivity contribution < 1.29 is 4.79 Å². The van der Waals surface area contributed by atoms with Crippen molar-refractivity contribution >= 4 is 11.9 Å². The summed E-state index contributed by atoms with van der Waals surface area (Å²) in [6, 6.07) is 0.221. The molecule has 3 heterocycles. The molecule has 0 aliphatic carbocycles. The van der Waals surface area contributed by atoms with Gasteiger partial charge in [0.15, 0.2) is 5.96 Å². The molecule has 0 radical (unpaired) electrons. The normalized spacial score (nSPS) is 20.0. The number of piperidine rings is 1. The number of likely N-dealkylation sites (tertiary alicyclic amines) is 1. The average molecular weight is 419 g/mol. The van der Waals surface area contributed by atoms with Crippen LogP contribution in [0.5, 0.6) is 0 Å². The van der Waals surface area contributed by atoms with Crippen molar-refractivity contribution in [1.29, 1.82) is 0 Å². The number of aromatic nitrogens is 2. The second-order valence-corrected chi connectivity index (χ2v) is 8.56. The van der Waals surface area contributed by atoms with E-state index >= 15 is 0 Å². The number of hydrogen-bond donors (Lipinski definition) is 1. The third-order valence-corrected chi connectivity index (χ3v) is 6.14. The first kappa shape index (κ1) is 22.6. The first-order valence-corrected chi connectivity index (χ1v) is 11.1. The molecule has 168 valence electrons. The number of amides is 1. The molecule has 0 bridgehead atoms. The maximum absolute atomic E-state index is 12.5. The number of hydrogen-bond acceptors (Lipinski definition) is 5. The van der Waals surface area contributed by atoms with Crippen LogP contribution in [-0.4, -0.2) is 115 Å². The Hall–Kier alpha value is -2.13. The number of carbonyl (C=O) groups excluding carboxylic acids is 1. The van der Waals surface area contributed by atoms with E-state index in [1.807, 2.05) is 29.9 Å². The summed E-state index contributed by atoms with van der Waals surface area (Å²) in [5, 5.41) is 7.85. The Morgan fingerprint density at radius 3 is 2.40 bits per heavy atom. The molecule has 2 saturated heterocycles. The Morgan fingerprint density at radius 2 is 1.83 bits per heavy atom. The van der Waals surface area contributed by atoms with Crippen molar-refractivity contribution in [1.82, 2.24) is 34.7 Å². The van der Waals surface area contributed by atoms with Gasteiger partial charge in [0, 0.05) is 71.7 Å². The second kappa shape index (κ2) is 10.8. The van der Waals surface area contributed by atoms with Crippen molar-refractivity contribution in [3.8, 4) is 0 Å². The van der Waals surface area contributed by atoms with Gasteiger partial charge in [0.2, 0.25) is 5.91 Å². The van der Waals surface area contributed by atoms with Crippen LogP contribution in [-0.2, 0) is 11.8 Å². The average Bonchev–Trinajstić information content (AvgIpc) is 3.18. The van der Waals surface area contributed by atoms with E-state index < -0.39 is 0 Å². The Labute approximate surface area is 180 Å². The summed E-state index contributed by atoms with van der Waals surface area (Å²) in [6.07, 6.45) is 7.54. The van der Waals surface area contributed by atoms with E-state index in [2.05, 4.69) is 50.4 Å². The van der Waals surface area contributed by atoms with Gasteiger partial charge in [-0.2, -0.15) is 5.10 Å². The van der Waals surface area contributed by atoms with Crippen LogP contribution in [0.2, 0.25) is 0 Å². The summed E-state index contributed by atoms with van der Waals surface area (Å²) in [6.45, 7) is 6.71. The van der Waals surface area contributed by atoms with Crippen molar-refractivity contribution in [3.63, 3.8) is 0 Å². The van der Waals surface area contributed by atoms with Crippen molar-refractivity contribution in [2.24, 2.45) is 12.0 Å². The fourth-order valence-corrected chi connectivity index (χ4v) is 4.28. The fraction of sp³-hybridized carbons (Fsp3) is 0.762. The second-order valence-electron chi connectivity index (χ2n) is 8.56. The quantitative estimate of drug-likeness (QED) is 0.527. The zero-order chi connectivity index (χ0) is 21.5. The number of aliphatic imine (C=N–C) groups is 1. The van der Waals surface area contributed by atoms with Crippen LogP contribution in [0.25, 0.3) is 0 Å². The molecule has 1 aromatic heterocycles. The predicted octanol–water partition coefficient (Wildman–Crippen LogP) is 0.228. The van der Waals surface area contributed by atoms with Gasteiger partial charge in [0.05, 0.1) is 18.8 Å². The summed E-state index contributed by atoms with van der Waals surface area (Å²) < 4.78 is 1.84. The van der Waals surface area contributed by atoms with E-state index in [-0.39, 0.29) is 11.9 Å². The largest absolute Gasteiger partial charge is 0.354 e. The van der Waals surface area contributed by atoms with Gasteiger partial charge in [0.25, 0.3) is 0 Å². The lowest BCUT2D eigenvalue weighted by molar-refractivity contribution is -0.133. The lowest BCUT2D eigenvalue weighted by Crippen LogP contribution is -2.55. The number of nitrogens with one attached hydrogen (secondary N) is 1. The van der Waals surface area contributed by atoms with E-state index in [1.54, 1.807) is 0 Å². The maximum atomic E-state index is 12.5. The van der Waals surface area contributed by atoms with Crippen LogP contribution in [0.4, 0.5) is 0 Å². The van der Waals surface area contributed by atoms with Crippen molar-refractivity contribution in [2.75, 3.05) is 73.5 Å². The molecule has 1 atom stereocenters. The van der Waals surface area contributed by atoms with Crippen LogP contribution in [0.3, 0.4) is 0 Å². The minimum Gasteiger partial charge on any atom is -0.354 e. The Balaban J connectivity index is 1.46. The molecule has 0 aromatic carbocycles. The molecule has 2 fully saturated rings. The van der Waals surface area contributed by atoms with Gasteiger partial charge in [-0.25, -0.2) is 0 Å². The van der Waals surface area contributed by atoms with Gasteiger partial charge >= 0.3 is 0 Å². The molecule has 2 aliphatic heterocycles. The molecule has 0 saturated carbocycles. The number of piperazine rings is 1. The summed E-state index contributed by atoms with van der Waals surface area (Å²) in [4.78, 5) is 25.8. The van der Waals surface area contributed by atoms with Crippen molar-refractivity contribution in [3.05, 3.63) is 18.0 Å². The summed E-state index contributed by atoms with van der Waals surface area (Å²) in [5.41, 5.74) is 1.19. The number of rotatable bonds is 6. The topological polar surface area (TPSA) is 72.2 Å². The highest BCUT2D eigenvalue weighted by Crippen LogP contribution is 2.16. The molecule has 1 unspecified atom stereocenters. The lowest BCUT2D eigenvalue weighted by atomic mass is 10.1. The third-order valence-electron chi connectivity index (χ3n) is 6.14. The Bertz CT molecular complexity index is 702. The Morgan fingerprint density at radius 1 is 1.13 bits per heavy atom. The van der Waals surface area contributed by atoms with Gasteiger partial charge in [-0.15, -0.1) is 0 Å². The molecule has 30 heavy (non-hydrogen) atoms. The first-order valence-electron chi connectivity index (χ1n) is 11.1. The zero-order valence-corrected chi connectivity index (χ0v) is 19.0. The van der Waals surface area contributed by atoms with Gasteiger partial charge in [-0.1, -0.05) is 0 Å². The monoisotopic (exact) mass is 418 g/mol. The molecule has 9 heteroatoms. The number of likely N-dealkylation sites (N-methyl/N-ethyl adjacent to an activating group) is 1. The van der Waals surface area contributed by atoms with E-state index in [0.29, 0.717) is 6.54 Å². The molecular formula is C21H38N8O. The molecule has 1 aromatic rings. The lowest BCUT2D eigenvalue weighted by Gasteiger charge is -2.38. The third kappa shape index (κ3) is 5.95. The Kier molecular flexibility index (Phi) is 8.09. The minimum atomic E-state index is 0.221. The highest BCUT2D eigenvalue weighted by Gasteiger charge is 2.25. The SMILES string of the molecule is CN=C(NCC(c1cnn(C)c1)N(C)C)N1CCN(CC(=O)N2CCCCC2)CC1. The van der Waals surface area contributed by atoms with Gasteiger partial charge in [-0.3, -0.25) is 19.4 Å². The van der Waals surface area contributed by atoms with Gasteiger partial charge in [-0.05, 0) is 33.4 Å². The van der Waals surface area contributed by atoms with E-state index in [9.17, 15) is 4.79 Å². The highest BCUT2D eigenvalue weighted by atomic mass is 16.2. The number of aryl methyl sites for hydroxylation is 1. The molecule has 2 aliphatic rings. The van der Waals surface area contributed by atoms with Crippen LogP contribution in [0.15, 0.2) is 17.4 Å². The molecule has 0 spiro atoms. The van der Waals surface area contributed by atoms with Crippen molar-refractivity contribution in [2.45, 2.75) is 25.3 Å². The minimum absolute atomic E-state index is 0.221. The molecule has 3 rings (SSSR count). The summed E-state index contributed by atoms with van der Waals surface area (Å²) >= 11 is 0.